The normalized spacial score (nSPS) is 19.2. The van der Waals surface area contributed by atoms with Crippen molar-refractivity contribution in [2.75, 3.05) is 24.6 Å². The quantitative estimate of drug-likeness (QED) is 0.675. The van der Waals surface area contributed by atoms with Gasteiger partial charge in [-0.2, -0.15) is 0 Å². The van der Waals surface area contributed by atoms with Crippen LogP contribution in [0.1, 0.15) is 43.4 Å². The minimum Gasteiger partial charge on any atom is -0.491 e. The number of carbonyl (C=O) groups excluding carboxylic acids is 2. The Morgan fingerprint density at radius 2 is 1.76 bits per heavy atom. The molecule has 6 nitrogen and oxygen atoms in total. The van der Waals surface area contributed by atoms with Gasteiger partial charge in [-0.1, -0.05) is 18.2 Å². The molecule has 0 bridgehead atoms. The Labute approximate surface area is 195 Å². The number of aliphatic hydroxyl groups is 1. The van der Waals surface area contributed by atoms with Crippen molar-refractivity contribution in [3.8, 4) is 5.75 Å². The molecule has 1 fully saturated rings. The summed E-state index contributed by atoms with van der Waals surface area (Å²) in [6, 6.07) is 13.0. The van der Waals surface area contributed by atoms with Crippen molar-refractivity contribution in [3.05, 3.63) is 64.9 Å². The number of amides is 2. The second-order valence-corrected chi connectivity index (χ2v) is 9.27. The summed E-state index contributed by atoms with van der Waals surface area (Å²) in [4.78, 5) is 30.7. The van der Waals surface area contributed by atoms with E-state index in [1.54, 1.807) is 0 Å². The second-order valence-electron chi connectivity index (χ2n) is 9.27. The summed E-state index contributed by atoms with van der Waals surface area (Å²) in [6.45, 7) is 9.22. The fourth-order valence-electron chi connectivity index (χ4n) is 4.56. The Kier molecular flexibility index (Phi) is 6.56. The third kappa shape index (κ3) is 4.53. The number of piperidine rings is 1. The van der Waals surface area contributed by atoms with Crippen molar-refractivity contribution in [2.45, 2.75) is 46.6 Å². The number of aryl methyl sites for hydroxylation is 2. The summed E-state index contributed by atoms with van der Waals surface area (Å²) < 4.78 is 5.75. The first-order valence-electron chi connectivity index (χ1n) is 11.6. The average Bonchev–Trinajstić information content (AvgIpc) is 3.06. The summed E-state index contributed by atoms with van der Waals surface area (Å²) in [5, 5.41) is 9.72. The maximum absolute atomic E-state index is 13.7. The fourth-order valence-corrected chi connectivity index (χ4v) is 4.56. The van der Waals surface area contributed by atoms with E-state index in [0.717, 1.165) is 29.7 Å². The third-order valence-corrected chi connectivity index (χ3v) is 6.42. The molecule has 0 saturated carbocycles. The predicted molar refractivity (Wildman–Crippen MR) is 129 cm³/mol. The largest absolute Gasteiger partial charge is 0.491 e. The van der Waals surface area contributed by atoms with E-state index in [-0.39, 0.29) is 30.4 Å². The lowest BCUT2D eigenvalue weighted by molar-refractivity contribution is -0.120. The number of ether oxygens (including phenoxy) is 1. The number of likely N-dealkylation sites (tertiary alicyclic amines) is 1. The maximum atomic E-state index is 13.7. The maximum Gasteiger partial charge on any atom is 0.282 e. The van der Waals surface area contributed by atoms with E-state index < -0.39 is 0 Å². The lowest BCUT2D eigenvalue weighted by atomic mass is 9.97. The zero-order valence-corrected chi connectivity index (χ0v) is 19.8. The van der Waals surface area contributed by atoms with Crippen molar-refractivity contribution >= 4 is 23.1 Å². The topological polar surface area (TPSA) is 70.1 Å². The first-order chi connectivity index (χ1) is 15.8. The number of hydrogen-bond donors (Lipinski definition) is 1. The lowest BCUT2D eigenvalue weighted by Crippen LogP contribution is -2.40. The molecule has 0 radical (unpaired) electrons. The zero-order valence-electron chi connectivity index (χ0n) is 19.8. The minimum absolute atomic E-state index is 0.0457. The number of carbonyl (C=O) groups is 2. The van der Waals surface area contributed by atoms with E-state index in [2.05, 4.69) is 0 Å². The Hall–Kier alpha value is -3.12. The molecule has 2 aliphatic rings. The smallest absolute Gasteiger partial charge is 0.282 e. The van der Waals surface area contributed by atoms with Gasteiger partial charge in [-0.05, 0) is 87.4 Å². The number of benzene rings is 2. The summed E-state index contributed by atoms with van der Waals surface area (Å²) in [5.74, 6) is 0.186. The number of hydrogen-bond acceptors (Lipinski definition) is 5. The summed E-state index contributed by atoms with van der Waals surface area (Å²) >= 11 is 0. The van der Waals surface area contributed by atoms with Gasteiger partial charge in [0, 0.05) is 19.7 Å². The monoisotopic (exact) mass is 448 g/mol. The molecule has 2 aliphatic heterocycles. The highest BCUT2D eigenvalue weighted by molar-refractivity contribution is 6.45. The van der Waals surface area contributed by atoms with E-state index in [9.17, 15) is 14.7 Å². The molecule has 0 aromatic heterocycles. The highest BCUT2D eigenvalue weighted by Gasteiger charge is 2.43. The summed E-state index contributed by atoms with van der Waals surface area (Å²) in [6.07, 6.45) is 1.83. The third-order valence-electron chi connectivity index (χ3n) is 6.42. The standard InChI is InChI=1S/C27H32N2O4/c1-17(2)33-23-11-8-21(9-12-23)24-25(28-13-5-6-20(15-28)16-30)27(32)29(26(24)31)22-10-7-18(3)19(4)14-22/h7-12,14,17,20,30H,5-6,13,15-16H2,1-4H3. The van der Waals surface area contributed by atoms with Gasteiger partial charge >= 0.3 is 0 Å². The average molecular weight is 449 g/mol. The van der Waals surface area contributed by atoms with Crippen LogP contribution in [0.4, 0.5) is 5.69 Å². The van der Waals surface area contributed by atoms with Gasteiger partial charge in [0.15, 0.2) is 0 Å². The van der Waals surface area contributed by atoms with Gasteiger partial charge in [-0.3, -0.25) is 9.59 Å². The minimum atomic E-state index is -0.318. The van der Waals surface area contributed by atoms with Crippen molar-refractivity contribution < 1.29 is 19.4 Å². The van der Waals surface area contributed by atoms with Crippen LogP contribution in [0.5, 0.6) is 5.75 Å². The molecule has 2 amide bonds. The Morgan fingerprint density at radius 3 is 2.39 bits per heavy atom. The van der Waals surface area contributed by atoms with Crippen molar-refractivity contribution in [2.24, 2.45) is 5.92 Å². The number of imide groups is 1. The van der Waals surface area contributed by atoms with Gasteiger partial charge in [0.25, 0.3) is 11.8 Å². The first-order valence-corrected chi connectivity index (χ1v) is 11.6. The van der Waals surface area contributed by atoms with Gasteiger partial charge in [-0.25, -0.2) is 4.90 Å². The number of anilines is 1. The van der Waals surface area contributed by atoms with Crippen LogP contribution >= 0.6 is 0 Å². The van der Waals surface area contributed by atoms with Gasteiger partial charge in [0.2, 0.25) is 0 Å². The van der Waals surface area contributed by atoms with Crippen molar-refractivity contribution in [1.29, 1.82) is 0 Å². The molecule has 2 heterocycles. The zero-order chi connectivity index (χ0) is 23.7. The van der Waals surface area contributed by atoms with Crippen LogP contribution in [0.2, 0.25) is 0 Å². The van der Waals surface area contributed by atoms with Crippen LogP contribution in [0.25, 0.3) is 5.57 Å². The molecule has 4 rings (SSSR count). The molecule has 33 heavy (non-hydrogen) atoms. The SMILES string of the molecule is Cc1ccc(N2C(=O)C(c3ccc(OC(C)C)cc3)=C(N3CCCC(CO)C3)C2=O)cc1C. The van der Waals surface area contributed by atoms with Crippen molar-refractivity contribution in [3.63, 3.8) is 0 Å². The van der Waals surface area contributed by atoms with Gasteiger partial charge < -0.3 is 14.7 Å². The molecule has 0 spiro atoms. The van der Waals surface area contributed by atoms with E-state index in [1.165, 1.54) is 4.90 Å². The molecule has 174 valence electrons. The molecular formula is C27H32N2O4. The summed E-state index contributed by atoms with van der Waals surface area (Å²) in [5.41, 5.74) is 4.24. The highest BCUT2D eigenvalue weighted by Crippen LogP contribution is 2.37. The molecule has 1 N–H and O–H groups in total. The van der Waals surface area contributed by atoms with E-state index in [4.69, 9.17) is 4.74 Å². The van der Waals surface area contributed by atoms with Gasteiger partial charge in [0.1, 0.15) is 11.4 Å². The van der Waals surface area contributed by atoms with Gasteiger partial charge in [0.05, 0.1) is 17.4 Å². The van der Waals surface area contributed by atoms with E-state index >= 15 is 0 Å². The van der Waals surface area contributed by atoms with Crippen molar-refractivity contribution in [1.82, 2.24) is 4.90 Å². The molecule has 2 aromatic rings. The molecule has 1 atom stereocenters. The Balaban J connectivity index is 1.78. The first kappa shape index (κ1) is 23.1. The highest BCUT2D eigenvalue weighted by atomic mass is 16.5. The molecule has 1 unspecified atom stereocenters. The second kappa shape index (κ2) is 9.40. The molecule has 6 heteroatoms. The molecule has 0 aliphatic carbocycles. The van der Waals surface area contributed by atoms with Crippen LogP contribution in [0.3, 0.4) is 0 Å². The Bertz CT molecular complexity index is 1090. The van der Waals surface area contributed by atoms with Crippen LogP contribution in [-0.4, -0.2) is 47.6 Å². The lowest BCUT2D eigenvalue weighted by Gasteiger charge is -2.34. The fraction of sp³-hybridized carbons (Fsp3) is 0.407. The number of rotatable bonds is 6. The van der Waals surface area contributed by atoms with Crippen LogP contribution in [-0.2, 0) is 9.59 Å². The Morgan fingerprint density at radius 1 is 1.03 bits per heavy atom. The summed E-state index contributed by atoms with van der Waals surface area (Å²) in [7, 11) is 0. The number of nitrogens with zero attached hydrogens (tertiary/aromatic N) is 2. The predicted octanol–water partition coefficient (Wildman–Crippen LogP) is 4.08. The molecule has 2 aromatic carbocycles. The molecular weight excluding hydrogens is 416 g/mol. The van der Waals surface area contributed by atoms with Gasteiger partial charge in [-0.15, -0.1) is 0 Å². The number of aliphatic hydroxyl groups excluding tert-OH is 1. The van der Waals surface area contributed by atoms with E-state index in [1.807, 2.05) is 75.1 Å². The van der Waals surface area contributed by atoms with Crippen LogP contribution < -0.4 is 9.64 Å². The van der Waals surface area contributed by atoms with Crippen LogP contribution in [0, 0.1) is 19.8 Å². The van der Waals surface area contributed by atoms with E-state index in [0.29, 0.717) is 35.6 Å². The molecule has 1 saturated heterocycles. The van der Waals surface area contributed by atoms with Crippen LogP contribution in [0.15, 0.2) is 48.2 Å².